The van der Waals surface area contributed by atoms with Gasteiger partial charge in [0.15, 0.2) is 0 Å². The SMILES string of the molecule is CC(C)NC(=O)c1cccc(NC(C)C2CC2)c1. The lowest BCUT2D eigenvalue weighted by molar-refractivity contribution is 0.0943. The van der Waals surface area contributed by atoms with Crippen molar-refractivity contribution < 1.29 is 4.79 Å². The van der Waals surface area contributed by atoms with E-state index >= 15 is 0 Å². The Kier molecular flexibility index (Phi) is 3.90. The van der Waals surface area contributed by atoms with Gasteiger partial charge in [0.1, 0.15) is 0 Å². The highest BCUT2D eigenvalue weighted by atomic mass is 16.1. The smallest absolute Gasteiger partial charge is 0.251 e. The Hall–Kier alpha value is -1.51. The average Bonchev–Trinajstić information content (AvgIpc) is 3.12. The van der Waals surface area contributed by atoms with E-state index in [0.717, 1.165) is 17.2 Å². The molecule has 1 fully saturated rings. The monoisotopic (exact) mass is 246 g/mol. The van der Waals surface area contributed by atoms with E-state index in [-0.39, 0.29) is 11.9 Å². The van der Waals surface area contributed by atoms with Gasteiger partial charge in [0, 0.05) is 23.3 Å². The summed E-state index contributed by atoms with van der Waals surface area (Å²) in [5, 5.41) is 6.38. The molecule has 1 aromatic rings. The summed E-state index contributed by atoms with van der Waals surface area (Å²) in [5.41, 5.74) is 1.75. The summed E-state index contributed by atoms with van der Waals surface area (Å²) in [7, 11) is 0. The zero-order chi connectivity index (χ0) is 13.1. The lowest BCUT2D eigenvalue weighted by atomic mass is 10.1. The predicted octanol–water partition coefficient (Wildman–Crippen LogP) is 3.04. The molecule has 1 atom stereocenters. The maximum absolute atomic E-state index is 11.9. The number of carbonyl (C=O) groups excluding carboxylic acids is 1. The standard InChI is InChI=1S/C15H22N2O/c1-10(2)16-15(18)13-5-4-6-14(9-13)17-11(3)12-7-8-12/h4-6,9-12,17H,7-8H2,1-3H3,(H,16,18). The second-order valence-electron chi connectivity index (χ2n) is 5.48. The van der Waals surface area contributed by atoms with Crippen LogP contribution in [0.1, 0.15) is 44.0 Å². The van der Waals surface area contributed by atoms with E-state index in [1.807, 2.05) is 38.1 Å². The molecule has 0 heterocycles. The van der Waals surface area contributed by atoms with Gasteiger partial charge in [-0.2, -0.15) is 0 Å². The molecule has 2 rings (SSSR count). The molecule has 0 saturated heterocycles. The fourth-order valence-electron chi connectivity index (χ4n) is 2.07. The Balaban J connectivity index is 2.02. The van der Waals surface area contributed by atoms with E-state index < -0.39 is 0 Å². The average molecular weight is 246 g/mol. The van der Waals surface area contributed by atoms with Crippen molar-refractivity contribution in [3.05, 3.63) is 29.8 Å². The minimum atomic E-state index is -0.00674. The zero-order valence-corrected chi connectivity index (χ0v) is 11.4. The van der Waals surface area contributed by atoms with Crippen molar-refractivity contribution in [3.63, 3.8) is 0 Å². The summed E-state index contributed by atoms with van der Waals surface area (Å²) in [4.78, 5) is 11.9. The van der Waals surface area contributed by atoms with Crippen LogP contribution < -0.4 is 10.6 Å². The van der Waals surface area contributed by atoms with Crippen LogP contribution in [-0.2, 0) is 0 Å². The second-order valence-corrected chi connectivity index (χ2v) is 5.48. The maximum atomic E-state index is 11.9. The number of rotatable bonds is 5. The molecular formula is C15H22N2O. The quantitative estimate of drug-likeness (QED) is 0.838. The molecule has 98 valence electrons. The summed E-state index contributed by atoms with van der Waals surface area (Å²) in [6.45, 7) is 6.14. The van der Waals surface area contributed by atoms with Crippen LogP contribution in [-0.4, -0.2) is 18.0 Å². The van der Waals surface area contributed by atoms with E-state index in [4.69, 9.17) is 0 Å². The van der Waals surface area contributed by atoms with E-state index in [2.05, 4.69) is 17.6 Å². The van der Waals surface area contributed by atoms with Gasteiger partial charge < -0.3 is 10.6 Å². The molecule has 1 aliphatic carbocycles. The van der Waals surface area contributed by atoms with E-state index in [1.165, 1.54) is 12.8 Å². The first-order valence-electron chi connectivity index (χ1n) is 6.73. The maximum Gasteiger partial charge on any atom is 0.251 e. The Morgan fingerprint density at radius 3 is 2.61 bits per heavy atom. The molecule has 3 nitrogen and oxygen atoms in total. The lowest BCUT2D eigenvalue weighted by Gasteiger charge is -2.15. The van der Waals surface area contributed by atoms with Gasteiger partial charge in [-0.1, -0.05) is 6.07 Å². The number of carbonyl (C=O) groups is 1. The Morgan fingerprint density at radius 1 is 1.28 bits per heavy atom. The molecule has 2 N–H and O–H groups in total. The number of benzene rings is 1. The van der Waals surface area contributed by atoms with Crippen LogP contribution in [0.2, 0.25) is 0 Å². The fourth-order valence-corrected chi connectivity index (χ4v) is 2.07. The van der Waals surface area contributed by atoms with Crippen molar-refractivity contribution >= 4 is 11.6 Å². The molecule has 0 aromatic heterocycles. The largest absolute Gasteiger partial charge is 0.382 e. The molecule has 1 unspecified atom stereocenters. The zero-order valence-electron chi connectivity index (χ0n) is 11.4. The summed E-state index contributed by atoms with van der Waals surface area (Å²) >= 11 is 0. The third-order valence-corrected chi connectivity index (χ3v) is 3.27. The number of hydrogen-bond donors (Lipinski definition) is 2. The van der Waals surface area contributed by atoms with E-state index in [9.17, 15) is 4.79 Å². The van der Waals surface area contributed by atoms with Crippen LogP contribution >= 0.6 is 0 Å². The molecule has 1 saturated carbocycles. The molecule has 1 amide bonds. The van der Waals surface area contributed by atoms with Crippen molar-refractivity contribution in [3.8, 4) is 0 Å². The summed E-state index contributed by atoms with van der Waals surface area (Å²) in [6.07, 6.45) is 2.64. The van der Waals surface area contributed by atoms with Crippen molar-refractivity contribution in [2.75, 3.05) is 5.32 Å². The van der Waals surface area contributed by atoms with Crippen molar-refractivity contribution in [2.45, 2.75) is 45.7 Å². The van der Waals surface area contributed by atoms with Crippen molar-refractivity contribution in [1.29, 1.82) is 0 Å². The highest BCUT2D eigenvalue weighted by Crippen LogP contribution is 2.33. The molecule has 0 bridgehead atoms. The van der Waals surface area contributed by atoms with Crippen LogP contribution in [0.5, 0.6) is 0 Å². The molecule has 1 aromatic carbocycles. The van der Waals surface area contributed by atoms with Crippen LogP contribution in [0, 0.1) is 5.92 Å². The van der Waals surface area contributed by atoms with Crippen LogP contribution in [0.4, 0.5) is 5.69 Å². The van der Waals surface area contributed by atoms with Crippen LogP contribution in [0.25, 0.3) is 0 Å². The Labute approximate surface area is 109 Å². The van der Waals surface area contributed by atoms with E-state index in [1.54, 1.807) is 0 Å². The molecule has 1 aliphatic rings. The van der Waals surface area contributed by atoms with Gasteiger partial charge in [-0.05, 0) is 57.7 Å². The predicted molar refractivity (Wildman–Crippen MR) is 74.9 cm³/mol. The molecular weight excluding hydrogens is 224 g/mol. The first-order chi connectivity index (χ1) is 8.56. The van der Waals surface area contributed by atoms with Gasteiger partial charge >= 0.3 is 0 Å². The van der Waals surface area contributed by atoms with Crippen LogP contribution in [0.15, 0.2) is 24.3 Å². The van der Waals surface area contributed by atoms with Gasteiger partial charge in [0.05, 0.1) is 0 Å². The third-order valence-electron chi connectivity index (χ3n) is 3.27. The highest BCUT2D eigenvalue weighted by Gasteiger charge is 2.27. The number of nitrogens with one attached hydrogen (secondary N) is 2. The normalized spacial score (nSPS) is 16.4. The third kappa shape index (κ3) is 3.49. The molecule has 18 heavy (non-hydrogen) atoms. The van der Waals surface area contributed by atoms with Gasteiger partial charge in [-0.15, -0.1) is 0 Å². The number of anilines is 1. The second kappa shape index (κ2) is 5.42. The van der Waals surface area contributed by atoms with E-state index in [0.29, 0.717) is 6.04 Å². The Bertz CT molecular complexity index is 424. The minimum absolute atomic E-state index is 0.00674. The van der Waals surface area contributed by atoms with Crippen molar-refractivity contribution in [1.82, 2.24) is 5.32 Å². The summed E-state index contributed by atoms with van der Waals surface area (Å²) in [6, 6.07) is 8.39. The molecule has 3 heteroatoms. The molecule has 0 aliphatic heterocycles. The van der Waals surface area contributed by atoms with Gasteiger partial charge in [0.2, 0.25) is 0 Å². The van der Waals surface area contributed by atoms with Crippen molar-refractivity contribution in [2.24, 2.45) is 5.92 Å². The fraction of sp³-hybridized carbons (Fsp3) is 0.533. The Morgan fingerprint density at radius 2 is 2.00 bits per heavy atom. The number of amides is 1. The molecule has 0 radical (unpaired) electrons. The first-order valence-corrected chi connectivity index (χ1v) is 6.73. The van der Waals surface area contributed by atoms with Gasteiger partial charge in [0.25, 0.3) is 5.91 Å². The minimum Gasteiger partial charge on any atom is -0.382 e. The van der Waals surface area contributed by atoms with Crippen LogP contribution in [0.3, 0.4) is 0 Å². The number of hydrogen-bond acceptors (Lipinski definition) is 2. The summed E-state index contributed by atoms with van der Waals surface area (Å²) in [5.74, 6) is 0.797. The van der Waals surface area contributed by atoms with Gasteiger partial charge in [-0.3, -0.25) is 4.79 Å². The molecule has 0 spiro atoms. The lowest BCUT2D eigenvalue weighted by Crippen LogP contribution is -2.30. The highest BCUT2D eigenvalue weighted by molar-refractivity contribution is 5.95. The topological polar surface area (TPSA) is 41.1 Å². The van der Waals surface area contributed by atoms with Gasteiger partial charge in [-0.25, -0.2) is 0 Å². The summed E-state index contributed by atoms with van der Waals surface area (Å²) < 4.78 is 0. The first kappa shape index (κ1) is 12.9.